The summed E-state index contributed by atoms with van der Waals surface area (Å²) in [5.41, 5.74) is 2.11. The van der Waals surface area contributed by atoms with Crippen LogP contribution in [0.3, 0.4) is 0 Å². The van der Waals surface area contributed by atoms with Crippen molar-refractivity contribution >= 4 is 34.7 Å². The summed E-state index contributed by atoms with van der Waals surface area (Å²) in [6.07, 6.45) is 3.00. The van der Waals surface area contributed by atoms with E-state index in [1.807, 2.05) is 13.0 Å². The Labute approximate surface area is 187 Å². The number of nitrogens with zero attached hydrogens (tertiary/aromatic N) is 2. The molecule has 2 aromatic rings. The van der Waals surface area contributed by atoms with Gasteiger partial charge in [-0.15, -0.1) is 0 Å². The van der Waals surface area contributed by atoms with Gasteiger partial charge in [-0.2, -0.15) is 0 Å². The molecule has 1 aliphatic rings. The average Bonchev–Trinajstić information content (AvgIpc) is 3.41. The normalized spacial score (nSPS) is 16.0. The van der Waals surface area contributed by atoms with E-state index in [-0.39, 0.29) is 23.7 Å². The number of nitrogens with one attached hydrogen (secondary N) is 1. The summed E-state index contributed by atoms with van der Waals surface area (Å²) in [6.45, 7) is 7.45. The summed E-state index contributed by atoms with van der Waals surface area (Å²) in [4.78, 5) is 29.1. The number of hydrogen-bond acceptors (Lipinski definition) is 7. The minimum Gasteiger partial charge on any atom is -0.462 e. The molecule has 9 heteroatoms. The number of esters is 1. The maximum absolute atomic E-state index is 12.3. The molecular weight excluding hydrogens is 418 g/mol. The van der Waals surface area contributed by atoms with Crippen LogP contribution >= 0.6 is 11.8 Å². The van der Waals surface area contributed by atoms with E-state index in [4.69, 9.17) is 19.2 Å². The Kier molecular flexibility index (Phi) is 9.17. The van der Waals surface area contributed by atoms with Crippen LogP contribution in [0.15, 0.2) is 23.4 Å². The van der Waals surface area contributed by atoms with E-state index in [9.17, 15) is 9.59 Å². The van der Waals surface area contributed by atoms with Crippen molar-refractivity contribution in [2.24, 2.45) is 0 Å². The van der Waals surface area contributed by atoms with Crippen LogP contribution in [-0.4, -0.2) is 66.3 Å². The number of ether oxygens (including phenoxy) is 3. The van der Waals surface area contributed by atoms with E-state index in [1.165, 1.54) is 11.8 Å². The van der Waals surface area contributed by atoms with Crippen molar-refractivity contribution < 1.29 is 23.8 Å². The third-order valence-electron chi connectivity index (χ3n) is 4.98. The molecule has 170 valence electrons. The molecule has 0 aliphatic carbocycles. The molecule has 2 heterocycles. The van der Waals surface area contributed by atoms with Gasteiger partial charge < -0.3 is 24.1 Å². The van der Waals surface area contributed by atoms with Gasteiger partial charge in [-0.25, -0.2) is 9.78 Å². The quantitative estimate of drug-likeness (QED) is 0.302. The number of imidazole rings is 1. The fraction of sp³-hybridized carbons (Fsp3) is 0.591. The second kappa shape index (κ2) is 12.1. The second-order valence-electron chi connectivity index (χ2n) is 7.25. The molecule has 1 atom stereocenters. The summed E-state index contributed by atoms with van der Waals surface area (Å²) in [6, 6.07) is 5.38. The van der Waals surface area contributed by atoms with E-state index >= 15 is 0 Å². The molecule has 3 rings (SSSR count). The average molecular weight is 450 g/mol. The van der Waals surface area contributed by atoms with Crippen LogP contribution < -0.4 is 5.32 Å². The molecule has 1 aromatic carbocycles. The second-order valence-corrected chi connectivity index (χ2v) is 8.19. The lowest BCUT2D eigenvalue weighted by Crippen LogP contribution is -2.32. The topological polar surface area (TPSA) is 91.7 Å². The number of benzene rings is 1. The highest BCUT2D eigenvalue weighted by Crippen LogP contribution is 2.26. The number of rotatable bonds is 12. The van der Waals surface area contributed by atoms with Gasteiger partial charge in [0.25, 0.3) is 0 Å². The molecule has 0 bridgehead atoms. The Morgan fingerprint density at radius 3 is 2.94 bits per heavy atom. The van der Waals surface area contributed by atoms with Crippen LogP contribution in [0.5, 0.6) is 0 Å². The SMILES string of the molecule is CCOCCCn1c(SCC(=O)NC[C@@H]2CCCO2)nc2cc(C(=O)OCC)ccc21. The van der Waals surface area contributed by atoms with Crippen molar-refractivity contribution in [3.63, 3.8) is 0 Å². The first kappa shape index (κ1) is 23.6. The van der Waals surface area contributed by atoms with Crippen molar-refractivity contribution in [2.75, 3.05) is 38.7 Å². The Morgan fingerprint density at radius 1 is 1.32 bits per heavy atom. The highest BCUT2D eigenvalue weighted by atomic mass is 32.2. The van der Waals surface area contributed by atoms with E-state index in [0.29, 0.717) is 37.4 Å². The summed E-state index contributed by atoms with van der Waals surface area (Å²) in [7, 11) is 0. The number of thioether (sulfide) groups is 1. The van der Waals surface area contributed by atoms with Crippen LogP contribution in [0.1, 0.15) is 43.5 Å². The highest BCUT2D eigenvalue weighted by Gasteiger charge is 2.18. The molecular formula is C22H31N3O5S. The van der Waals surface area contributed by atoms with Crippen LogP contribution in [0.25, 0.3) is 11.0 Å². The first-order valence-electron chi connectivity index (χ1n) is 10.9. The lowest BCUT2D eigenvalue weighted by atomic mass is 10.2. The monoisotopic (exact) mass is 449 g/mol. The maximum atomic E-state index is 12.3. The molecule has 1 amide bonds. The fourth-order valence-corrected chi connectivity index (χ4v) is 4.33. The van der Waals surface area contributed by atoms with Gasteiger partial charge in [-0.3, -0.25) is 4.79 Å². The number of hydrogen-bond donors (Lipinski definition) is 1. The Morgan fingerprint density at radius 2 is 2.19 bits per heavy atom. The lowest BCUT2D eigenvalue weighted by Gasteiger charge is -2.11. The van der Waals surface area contributed by atoms with Crippen LogP contribution in [0.4, 0.5) is 0 Å². The molecule has 0 saturated carbocycles. The zero-order valence-electron chi connectivity index (χ0n) is 18.2. The summed E-state index contributed by atoms with van der Waals surface area (Å²) in [5, 5.41) is 3.69. The number of aromatic nitrogens is 2. The van der Waals surface area contributed by atoms with Crippen LogP contribution in [0, 0.1) is 0 Å². The lowest BCUT2D eigenvalue weighted by molar-refractivity contribution is -0.119. The number of carbonyl (C=O) groups is 2. The van der Waals surface area contributed by atoms with Gasteiger partial charge in [0.2, 0.25) is 5.91 Å². The summed E-state index contributed by atoms with van der Waals surface area (Å²) < 4.78 is 18.2. The van der Waals surface area contributed by atoms with Crippen molar-refractivity contribution in [1.82, 2.24) is 14.9 Å². The molecule has 0 unspecified atom stereocenters. The molecule has 1 saturated heterocycles. The first-order valence-corrected chi connectivity index (χ1v) is 11.9. The number of carbonyl (C=O) groups excluding carboxylic acids is 2. The first-order chi connectivity index (χ1) is 15.1. The van der Waals surface area contributed by atoms with Crippen molar-refractivity contribution in [1.29, 1.82) is 0 Å². The van der Waals surface area contributed by atoms with Crippen molar-refractivity contribution in [3.05, 3.63) is 23.8 Å². The molecule has 1 aliphatic heterocycles. The predicted octanol–water partition coefficient (Wildman–Crippen LogP) is 3.03. The van der Waals surface area contributed by atoms with Crippen molar-refractivity contribution in [3.8, 4) is 0 Å². The molecule has 0 spiro atoms. The smallest absolute Gasteiger partial charge is 0.338 e. The highest BCUT2D eigenvalue weighted by molar-refractivity contribution is 7.99. The minimum absolute atomic E-state index is 0.0411. The van der Waals surface area contributed by atoms with Crippen molar-refractivity contribution in [2.45, 2.75) is 50.9 Å². The Bertz CT molecular complexity index is 879. The van der Waals surface area contributed by atoms with E-state index in [2.05, 4.69) is 9.88 Å². The molecule has 0 radical (unpaired) electrons. The van der Waals surface area contributed by atoms with Gasteiger partial charge in [0.15, 0.2) is 5.16 Å². The van der Waals surface area contributed by atoms with Gasteiger partial charge in [0.1, 0.15) is 0 Å². The zero-order chi connectivity index (χ0) is 22.1. The number of aryl methyl sites for hydroxylation is 1. The molecule has 31 heavy (non-hydrogen) atoms. The van der Waals surface area contributed by atoms with Gasteiger partial charge in [0, 0.05) is 32.9 Å². The zero-order valence-corrected chi connectivity index (χ0v) is 19.0. The largest absolute Gasteiger partial charge is 0.462 e. The molecule has 1 aromatic heterocycles. The van der Waals surface area contributed by atoms with Crippen LogP contribution in [-0.2, 0) is 25.5 Å². The number of fused-ring (bicyclic) bond motifs is 1. The predicted molar refractivity (Wildman–Crippen MR) is 120 cm³/mol. The molecule has 8 nitrogen and oxygen atoms in total. The molecule has 1 N–H and O–H groups in total. The van der Waals surface area contributed by atoms with Crippen LogP contribution in [0.2, 0.25) is 0 Å². The van der Waals surface area contributed by atoms with Gasteiger partial charge >= 0.3 is 5.97 Å². The van der Waals surface area contributed by atoms with E-state index in [0.717, 1.165) is 43.1 Å². The number of amides is 1. The van der Waals surface area contributed by atoms with Gasteiger partial charge in [-0.05, 0) is 51.3 Å². The summed E-state index contributed by atoms with van der Waals surface area (Å²) in [5.74, 6) is -0.134. The Balaban J connectivity index is 1.69. The maximum Gasteiger partial charge on any atom is 0.338 e. The van der Waals surface area contributed by atoms with Gasteiger partial charge in [0.05, 0.1) is 35.1 Å². The summed E-state index contributed by atoms with van der Waals surface area (Å²) >= 11 is 1.39. The third kappa shape index (κ3) is 6.69. The van der Waals surface area contributed by atoms with Gasteiger partial charge in [-0.1, -0.05) is 11.8 Å². The minimum atomic E-state index is -0.363. The Hall–Kier alpha value is -2.10. The standard InChI is InChI=1S/C22H31N3O5S/c1-3-28-11-6-10-25-19-9-8-16(21(27)29-4-2)13-18(19)24-22(25)31-15-20(26)23-14-17-7-5-12-30-17/h8-9,13,17H,3-7,10-12,14-15H2,1-2H3,(H,23,26)/t17-/m0/s1. The van der Waals surface area contributed by atoms with E-state index in [1.54, 1.807) is 19.1 Å². The third-order valence-corrected chi connectivity index (χ3v) is 5.96. The fourth-order valence-electron chi connectivity index (χ4n) is 3.46. The van der Waals surface area contributed by atoms with E-state index < -0.39 is 0 Å². The molecule has 1 fully saturated rings.